The highest BCUT2D eigenvalue weighted by Crippen LogP contribution is 2.31. The number of nitro benzene ring substituents is 1. The molecule has 10 nitrogen and oxygen atoms in total. The van der Waals surface area contributed by atoms with E-state index in [9.17, 15) is 18.5 Å². The molecule has 11 heteroatoms. The van der Waals surface area contributed by atoms with Gasteiger partial charge in [0.1, 0.15) is 11.0 Å². The smallest absolute Gasteiger partial charge is 0.290 e. The highest BCUT2D eigenvalue weighted by atomic mass is 32.2. The Morgan fingerprint density at radius 3 is 2.46 bits per heavy atom. The molecule has 2 rings (SSSR count). The number of sulfone groups is 1. The molecule has 0 spiro atoms. The number of rotatable bonds is 6. The Bertz CT molecular complexity index is 1040. The van der Waals surface area contributed by atoms with Crippen LogP contribution in [0.25, 0.3) is 0 Å². The number of amidine groups is 1. The molecular weight excluding hydrogens is 360 g/mol. The molecule has 0 fully saturated rings. The van der Waals surface area contributed by atoms with Crippen LogP contribution in [0.3, 0.4) is 0 Å². The average Bonchev–Trinajstić information content (AvgIpc) is 2.62. The van der Waals surface area contributed by atoms with Crippen LogP contribution >= 0.6 is 0 Å². The second kappa shape index (κ2) is 7.41. The van der Waals surface area contributed by atoms with Crippen LogP contribution < -0.4 is 11.2 Å². The third-order valence-electron chi connectivity index (χ3n) is 3.16. The zero-order valence-corrected chi connectivity index (χ0v) is 13.9. The van der Waals surface area contributed by atoms with E-state index in [0.717, 1.165) is 12.1 Å². The third-order valence-corrected chi connectivity index (χ3v) is 4.97. The molecular formula is C15H12N6O4S. The van der Waals surface area contributed by atoms with Crippen molar-refractivity contribution in [3.63, 3.8) is 0 Å². The Kier molecular flexibility index (Phi) is 5.29. The van der Waals surface area contributed by atoms with Crippen molar-refractivity contribution in [1.29, 1.82) is 10.7 Å². The van der Waals surface area contributed by atoms with Crippen LogP contribution in [-0.4, -0.2) is 24.9 Å². The molecule has 0 bridgehead atoms. The van der Waals surface area contributed by atoms with Crippen molar-refractivity contribution in [2.45, 2.75) is 9.79 Å². The largest absolute Gasteiger partial charge is 0.382 e. The second-order valence-corrected chi connectivity index (χ2v) is 6.77. The Balaban J connectivity index is 2.50. The summed E-state index contributed by atoms with van der Waals surface area (Å²) < 4.78 is 25.3. The summed E-state index contributed by atoms with van der Waals surface area (Å²) in [6.07, 6.45) is 0. The van der Waals surface area contributed by atoms with Gasteiger partial charge >= 0.3 is 0 Å². The van der Waals surface area contributed by atoms with Crippen molar-refractivity contribution in [2.75, 3.05) is 5.43 Å². The maximum absolute atomic E-state index is 12.6. The van der Waals surface area contributed by atoms with E-state index in [4.69, 9.17) is 16.4 Å². The maximum Gasteiger partial charge on any atom is 0.290 e. The van der Waals surface area contributed by atoms with Crippen LogP contribution in [0.15, 0.2) is 63.4 Å². The Hall–Kier alpha value is -3.78. The van der Waals surface area contributed by atoms with Crippen LogP contribution in [0.1, 0.15) is 0 Å². The molecule has 0 aromatic heterocycles. The summed E-state index contributed by atoms with van der Waals surface area (Å²) in [5.74, 6) is -0.585. The minimum Gasteiger partial charge on any atom is -0.382 e. The quantitative estimate of drug-likeness (QED) is 0.299. The summed E-state index contributed by atoms with van der Waals surface area (Å²) in [6, 6.07) is 12.2. The summed E-state index contributed by atoms with van der Waals surface area (Å²) in [5.41, 5.74) is 6.45. The number of nitrogens with two attached hydrogens (primary N) is 1. The fraction of sp³-hybridized carbons (Fsp3) is 0. The number of nitrogens with zero attached hydrogens (tertiary/aromatic N) is 3. The second-order valence-electron chi connectivity index (χ2n) is 4.85. The van der Waals surface area contributed by atoms with Crippen molar-refractivity contribution in [3.8, 4) is 6.07 Å². The van der Waals surface area contributed by atoms with Crippen molar-refractivity contribution in [2.24, 2.45) is 10.8 Å². The minimum atomic E-state index is -4.09. The summed E-state index contributed by atoms with van der Waals surface area (Å²) >= 11 is 0. The molecule has 0 aliphatic carbocycles. The van der Waals surface area contributed by atoms with Crippen molar-refractivity contribution >= 4 is 32.8 Å². The van der Waals surface area contributed by atoms with Gasteiger partial charge in [-0.2, -0.15) is 10.4 Å². The van der Waals surface area contributed by atoms with E-state index in [2.05, 4.69) is 10.5 Å². The first kappa shape index (κ1) is 18.6. The highest BCUT2D eigenvalue weighted by Gasteiger charge is 2.27. The predicted octanol–water partition coefficient (Wildman–Crippen LogP) is 1.66. The van der Waals surface area contributed by atoms with Crippen LogP contribution in [-0.2, 0) is 9.84 Å². The molecule has 132 valence electrons. The van der Waals surface area contributed by atoms with Gasteiger partial charge in [-0.3, -0.25) is 20.9 Å². The molecule has 0 heterocycles. The topological polar surface area (TPSA) is 175 Å². The molecule has 0 radical (unpaired) electrons. The summed E-state index contributed by atoms with van der Waals surface area (Å²) in [5, 5.41) is 30.8. The fourth-order valence-electron chi connectivity index (χ4n) is 1.95. The molecule has 4 N–H and O–H groups in total. The normalized spacial score (nSPS) is 11.4. The maximum atomic E-state index is 12.6. The van der Waals surface area contributed by atoms with E-state index < -0.39 is 36.9 Å². The lowest BCUT2D eigenvalue weighted by Crippen LogP contribution is -2.21. The Morgan fingerprint density at radius 2 is 1.92 bits per heavy atom. The zero-order valence-electron chi connectivity index (χ0n) is 13.1. The lowest BCUT2D eigenvalue weighted by atomic mass is 10.3. The van der Waals surface area contributed by atoms with E-state index >= 15 is 0 Å². The first-order chi connectivity index (χ1) is 12.3. The molecule has 2 aromatic rings. The lowest BCUT2D eigenvalue weighted by molar-refractivity contribution is -0.387. The number of hydrogen-bond donors (Lipinski definition) is 3. The minimum absolute atomic E-state index is 0.0534. The van der Waals surface area contributed by atoms with Gasteiger partial charge < -0.3 is 5.73 Å². The summed E-state index contributed by atoms with van der Waals surface area (Å²) in [7, 11) is -4.09. The van der Waals surface area contributed by atoms with Gasteiger partial charge in [0, 0.05) is 6.07 Å². The Labute approximate surface area is 148 Å². The van der Waals surface area contributed by atoms with Gasteiger partial charge in [0.15, 0.2) is 5.84 Å². The van der Waals surface area contributed by atoms with Crippen molar-refractivity contribution in [3.05, 3.63) is 58.6 Å². The number of hydrazone groups is 1. The molecule has 26 heavy (non-hydrogen) atoms. The van der Waals surface area contributed by atoms with Crippen LogP contribution in [0.2, 0.25) is 0 Å². The van der Waals surface area contributed by atoms with Crippen LogP contribution in [0.4, 0.5) is 11.4 Å². The number of nitro groups is 1. The predicted molar refractivity (Wildman–Crippen MR) is 93.6 cm³/mol. The van der Waals surface area contributed by atoms with Crippen molar-refractivity contribution < 1.29 is 13.3 Å². The van der Waals surface area contributed by atoms with Gasteiger partial charge in [0.05, 0.1) is 15.5 Å². The van der Waals surface area contributed by atoms with Gasteiger partial charge in [0.25, 0.3) is 5.69 Å². The first-order valence-corrected chi connectivity index (χ1v) is 8.42. The van der Waals surface area contributed by atoms with Gasteiger partial charge in [0.2, 0.25) is 15.5 Å². The summed E-state index contributed by atoms with van der Waals surface area (Å²) in [6.45, 7) is 0. The number of anilines is 1. The standard InChI is InChI=1S/C15H12N6O4S/c16-9-12(15(17)18)20-19-10-6-7-14(13(8-10)21(22)23)26(24,25)11-4-2-1-3-5-11/h1-8,19H,(H3,17,18)/b20-12+. The molecule has 0 aliphatic rings. The van der Waals surface area contributed by atoms with Gasteiger partial charge in [-0.25, -0.2) is 8.42 Å². The third kappa shape index (κ3) is 3.82. The molecule has 0 atom stereocenters. The Morgan fingerprint density at radius 1 is 1.27 bits per heavy atom. The monoisotopic (exact) mass is 372 g/mol. The van der Waals surface area contributed by atoms with E-state index in [0.29, 0.717) is 0 Å². The molecule has 2 aromatic carbocycles. The van der Waals surface area contributed by atoms with Crippen LogP contribution in [0, 0.1) is 26.9 Å². The first-order valence-electron chi connectivity index (χ1n) is 6.94. The SMILES string of the molecule is N#C/C(=N\Nc1ccc(S(=O)(=O)c2ccccc2)c([N+](=O)[O-])c1)C(=N)N. The van der Waals surface area contributed by atoms with Gasteiger partial charge in [-0.15, -0.1) is 0 Å². The zero-order chi connectivity index (χ0) is 19.3. The molecule has 0 aliphatic heterocycles. The molecule has 0 amide bonds. The van der Waals surface area contributed by atoms with Gasteiger partial charge in [-0.1, -0.05) is 18.2 Å². The number of hydrogen-bond acceptors (Lipinski definition) is 8. The number of nitrogens with one attached hydrogen (secondary N) is 2. The van der Waals surface area contributed by atoms with E-state index in [1.807, 2.05) is 0 Å². The van der Waals surface area contributed by atoms with E-state index in [-0.39, 0.29) is 10.6 Å². The average molecular weight is 372 g/mol. The van der Waals surface area contributed by atoms with Crippen molar-refractivity contribution in [1.82, 2.24) is 0 Å². The van der Waals surface area contributed by atoms with Gasteiger partial charge in [-0.05, 0) is 24.3 Å². The highest BCUT2D eigenvalue weighted by molar-refractivity contribution is 7.91. The van der Waals surface area contributed by atoms with Crippen LogP contribution in [0.5, 0.6) is 0 Å². The molecule has 0 unspecified atom stereocenters. The fourth-order valence-corrected chi connectivity index (χ4v) is 3.37. The lowest BCUT2D eigenvalue weighted by Gasteiger charge is -2.07. The molecule has 0 saturated heterocycles. The number of nitriles is 1. The van der Waals surface area contributed by atoms with E-state index in [1.165, 1.54) is 30.3 Å². The number of benzene rings is 2. The summed E-state index contributed by atoms with van der Waals surface area (Å²) in [4.78, 5) is 9.94. The van der Waals surface area contributed by atoms with E-state index in [1.54, 1.807) is 12.1 Å². The molecule has 0 saturated carbocycles.